The van der Waals surface area contributed by atoms with Crippen molar-refractivity contribution in [2.75, 3.05) is 12.8 Å². The zero-order chi connectivity index (χ0) is 21.6. The first-order valence-electron chi connectivity index (χ1n) is 9.14. The topological polar surface area (TPSA) is 96.7 Å². The van der Waals surface area contributed by atoms with Crippen LogP contribution < -0.4 is 0 Å². The highest BCUT2D eigenvalue weighted by Crippen LogP contribution is 2.34. The lowest BCUT2D eigenvalue weighted by Gasteiger charge is -2.32. The number of halogens is 1. The fraction of sp³-hybridized carbons (Fsp3) is 0.250. The lowest BCUT2D eigenvalue weighted by molar-refractivity contribution is -0.136. The third-order valence-electron chi connectivity index (χ3n) is 5.31. The minimum Gasteiger partial charge on any atom is -0.481 e. The first-order valence-corrected chi connectivity index (χ1v) is 11.9. The van der Waals surface area contributed by atoms with Crippen LogP contribution in [0.5, 0.6) is 0 Å². The van der Waals surface area contributed by atoms with E-state index in [2.05, 4.69) is 0 Å². The lowest BCUT2D eigenvalue weighted by atomic mass is 10.1. The number of aromatic nitrogens is 1. The van der Waals surface area contributed by atoms with Crippen molar-refractivity contribution in [2.24, 2.45) is 0 Å². The number of fused-ring (bicyclic) bond motifs is 3. The quantitative estimate of drug-likeness (QED) is 0.643. The van der Waals surface area contributed by atoms with Crippen molar-refractivity contribution in [3.05, 3.63) is 59.9 Å². The van der Waals surface area contributed by atoms with Crippen LogP contribution in [0, 0.1) is 5.82 Å². The van der Waals surface area contributed by atoms with Crippen LogP contribution in [0.4, 0.5) is 4.39 Å². The summed E-state index contributed by atoms with van der Waals surface area (Å²) in [5.74, 6) is -1.52. The van der Waals surface area contributed by atoms with E-state index in [4.69, 9.17) is 0 Å². The van der Waals surface area contributed by atoms with Crippen molar-refractivity contribution in [1.29, 1.82) is 0 Å². The van der Waals surface area contributed by atoms with Crippen LogP contribution in [-0.2, 0) is 38.6 Å². The maximum Gasteiger partial charge on any atom is 0.307 e. The van der Waals surface area contributed by atoms with Gasteiger partial charge in [-0.3, -0.25) is 9.00 Å². The van der Waals surface area contributed by atoms with Crippen molar-refractivity contribution < 1.29 is 26.9 Å². The number of carboxylic acids is 1. The van der Waals surface area contributed by atoms with E-state index < -0.39 is 38.7 Å². The van der Waals surface area contributed by atoms with E-state index in [0.29, 0.717) is 16.0 Å². The molecule has 2 aromatic carbocycles. The Morgan fingerprint density at radius 2 is 1.90 bits per heavy atom. The Morgan fingerprint density at radius 3 is 2.57 bits per heavy atom. The van der Waals surface area contributed by atoms with Crippen LogP contribution >= 0.6 is 0 Å². The van der Waals surface area contributed by atoms with Crippen LogP contribution in [0.25, 0.3) is 10.9 Å². The van der Waals surface area contributed by atoms with Crippen molar-refractivity contribution in [3.63, 3.8) is 0 Å². The molecule has 0 bridgehead atoms. The average molecular weight is 451 g/mol. The second kappa shape index (κ2) is 7.60. The van der Waals surface area contributed by atoms with E-state index in [1.807, 2.05) is 0 Å². The highest BCUT2D eigenvalue weighted by atomic mass is 32.2. The Balaban J connectivity index is 1.76. The minimum absolute atomic E-state index is 0.0415. The zero-order valence-electron chi connectivity index (χ0n) is 16.0. The van der Waals surface area contributed by atoms with E-state index in [-0.39, 0.29) is 23.6 Å². The number of benzene rings is 2. The molecule has 3 aromatic rings. The summed E-state index contributed by atoms with van der Waals surface area (Å²) < 4.78 is 55.2. The molecular formula is C20H19FN2O5S2. The summed E-state index contributed by atoms with van der Waals surface area (Å²) in [5.41, 5.74) is 1.22. The number of nitrogens with zero attached hydrogens (tertiary/aromatic N) is 2. The molecule has 1 aliphatic rings. The van der Waals surface area contributed by atoms with Gasteiger partial charge in [-0.05, 0) is 30.3 Å². The molecule has 0 fully saturated rings. The molecule has 0 saturated carbocycles. The summed E-state index contributed by atoms with van der Waals surface area (Å²) in [7, 11) is -4.10. The van der Waals surface area contributed by atoms with Crippen LogP contribution in [0.2, 0.25) is 0 Å². The van der Waals surface area contributed by atoms with Crippen LogP contribution in [0.3, 0.4) is 0 Å². The van der Waals surface area contributed by atoms with Gasteiger partial charge in [-0.15, -0.1) is 0 Å². The Labute approximate surface area is 175 Å². The van der Waals surface area contributed by atoms with Crippen molar-refractivity contribution in [3.8, 4) is 0 Å². The second-order valence-corrected chi connectivity index (χ2v) is 10.5. The zero-order valence-corrected chi connectivity index (χ0v) is 17.6. The van der Waals surface area contributed by atoms with Gasteiger partial charge >= 0.3 is 5.97 Å². The number of carboxylic acid groups (broad SMARTS) is 1. The number of rotatable bonds is 5. The molecule has 30 heavy (non-hydrogen) atoms. The fourth-order valence-electron chi connectivity index (χ4n) is 3.82. The predicted octanol–water partition coefficient (Wildman–Crippen LogP) is 2.22. The molecular weight excluding hydrogens is 431 g/mol. The molecule has 0 spiro atoms. The normalized spacial score (nSPS) is 19.2. The highest BCUT2D eigenvalue weighted by Gasteiger charge is 2.36. The first kappa shape index (κ1) is 20.7. The van der Waals surface area contributed by atoms with Crippen molar-refractivity contribution in [2.45, 2.75) is 28.9 Å². The number of carbonyl (C=O) groups is 1. The van der Waals surface area contributed by atoms with Gasteiger partial charge in [0.05, 0.1) is 28.2 Å². The number of likely N-dealkylation sites (N-methyl/N-ethyl adjacent to an activating group) is 1. The number of hydrogen-bond acceptors (Lipinski definition) is 4. The Hall–Kier alpha value is -2.56. The third kappa shape index (κ3) is 3.44. The van der Waals surface area contributed by atoms with Crippen molar-refractivity contribution >= 4 is 37.7 Å². The molecule has 1 N–H and O–H groups in total. The summed E-state index contributed by atoms with van der Waals surface area (Å²) in [5, 5.41) is 10.4. The monoisotopic (exact) mass is 450 g/mol. The molecule has 0 amide bonds. The molecule has 2 atom stereocenters. The van der Waals surface area contributed by atoms with Crippen molar-refractivity contribution in [1.82, 2.24) is 8.87 Å². The van der Waals surface area contributed by atoms with Gasteiger partial charge in [0.1, 0.15) is 10.8 Å². The van der Waals surface area contributed by atoms with Gasteiger partial charge in [0.25, 0.3) is 0 Å². The summed E-state index contributed by atoms with van der Waals surface area (Å²) in [4.78, 5) is 11.3. The fourth-order valence-corrected chi connectivity index (χ4v) is 6.97. The number of aliphatic carboxylic acids is 1. The van der Waals surface area contributed by atoms with Crippen LogP contribution in [-0.4, -0.2) is 51.4 Å². The summed E-state index contributed by atoms with van der Waals surface area (Å²) in [6.07, 6.45) is -0.261. The maximum absolute atomic E-state index is 13.2. The van der Waals surface area contributed by atoms with E-state index in [9.17, 15) is 26.9 Å². The minimum atomic E-state index is -3.92. The standard InChI is InChI=1S/C20H19FN2O5S2/c1-22(30(27,28)15-8-6-13(21)7-9-15)14-11-23-18-5-3-2-4-16(18)17(10-19(24)25)20(23)29(26)12-14/h2-9,14H,10-12H2,1H3,(H,24,25)/t14-,29?/m0/s1. The number of sulfonamides is 1. The first-order chi connectivity index (χ1) is 14.2. The average Bonchev–Trinajstić information content (AvgIpc) is 3.01. The van der Waals surface area contributed by atoms with Crippen LogP contribution in [0.15, 0.2) is 58.5 Å². The van der Waals surface area contributed by atoms with Crippen LogP contribution in [0.1, 0.15) is 5.56 Å². The molecule has 7 nitrogen and oxygen atoms in total. The predicted molar refractivity (Wildman–Crippen MR) is 110 cm³/mol. The largest absolute Gasteiger partial charge is 0.481 e. The highest BCUT2D eigenvalue weighted by molar-refractivity contribution is 7.89. The number of hydrogen-bond donors (Lipinski definition) is 1. The molecule has 1 aromatic heterocycles. The van der Waals surface area contributed by atoms with Gasteiger partial charge < -0.3 is 9.67 Å². The SMILES string of the molecule is CN([C@H]1Cn2c(c(CC(=O)O)c3ccccc32)S(=O)C1)S(=O)(=O)c1ccc(F)cc1. The molecule has 1 aliphatic heterocycles. The van der Waals surface area contributed by atoms with Gasteiger partial charge in [-0.25, -0.2) is 12.8 Å². The van der Waals surface area contributed by atoms with Gasteiger partial charge in [0.15, 0.2) is 0 Å². The molecule has 0 aliphatic carbocycles. The Morgan fingerprint density at radius 1 is 1.23 bits per heavy atom. The van der Waals surface area contributed by atoms with Gasteiger partial charge in [0, 0.05) is 35.8 Å². The third-order valence-corrected chi connectivity index (χ3v) is 8.82. The summed E-state index contributed by atoms with van der Waals surface area (Å²) in [6.45, 7) is 0.234. The van der Waals surface area contributed by atoms with E-state index >= 15 is 0 Å². The van der Waals surface area contributed by atoms with Gasteiger partial charge in [-0.2, -0.15) is 4.31 Å². The molecule has 0 saturated heterocycles. The molecule has 4 rings (SSSR count). The van der Waals surface area contributed by atoms with E-state index in [0.717, 1.165) is 22.0 Å². The molecule has 2 heterocycles. The lowest BCUT2D eigenvalue weighted by Crippen LogP contribution is -2.45. The maximum atomic E-state index is 13.2. The van der Waals surface area contributed by atoms with Gasteiger partial charge in [-0.1, -0.05) is 18.2 Å². The van der Waals surface area contributed by atoms with Gasteiger partial charge in [0.2, 0.25) is 10.0 Å². The molecule has 158 valence electrons. The smallest absolute Gasteiger partial charge is 0.307 e. The molecule has 10 heteroatoms. The van der Waals surface area contributed by atoms with E-state index in [1.165, 1.54) is 19.2 Å². The summed E-state index contributed by atoms with van der Waals surface area (Å²) >= 11 is 0. The molecule has 1 unspecified atom stereocenters. The number of para-hydroxylation sites is 1. The van der Waals surface area contributed by atoms with E-state index in [1.54, 1.807) is 28.8 Å². The Bertz CT molecular complexity index is 1270. The Kier molecular flexibility index (Phi) is 5.25. The molecule has 0 radical (unpaired) electrons. The summed E-state index contributed by atoms with van der Waals surface area (Å²) in [6, 6.07) is 11.1. The second-order valence-electron chi connectivity index (χ2n) is 7.12.